The SMILES string of the molecule is c1ccc(N2c3ccccc3C3(c4ccccc4)c4cc(-c5ccc(N(c6ccc7c(c6)C(c6ccccc6)(c6ccccc6)c6ccccc6-7)c6ccc7c8ccccc8n(-c8ccccc8)c7c6)cc5)ccc4-c4cccc2c43)cc1. The van der Waals surface area contributed by atoms with Gasteiger partial charge >= 0.3 is 0 Å². The molecule has 0 amide bonds. The quantitative estimate of drug-likeness (QED) is 0.143. The number of fused-ring (bicyclic) bond motifs is 11. The van der Waals surface area contributed by atoms with E-state index < -0.39 is 10.8 Å². The van der Waals surface area contributed by atoms with Crippen molar-refractivity contribution >= 4 is 55.9 Å². The molecule has 0 saturated heterocycles. The van der Waals surface area contributed by atoms with Crippen molar-refractivity contribution in [2.24, 2.45) is 0 Å². The Morgan fingerprint density at radius 2 is 0.747 bits per heavy atom. The van der Waals surface area contributed by atoms with Gasteiger partial charge < -0.3 is 14.4 Å². The highest BCUT2D eigenvalue weighted by molar-refractivity contribution is 6.10. The van der Waals surface area contributed by atoms with Gasteiger partial charge in [0.2, 0.25) is 0 Å². The fourth-order valence-corrected chi connectivity index (χ4v) is 14.9. The zero-order valence-corrected chi connectivity index (χ0v) is 45.4. The summed E-state index contributed by atoms with van der Waals surface area (Å²) in [6.07, 6.45) is 0. The summed E-state index contributed by atoms with van der Waals surface area (Å²) in [4.78, 5) is 4.94. The molecule has 2 heterocycles. The van der Waals surface area contributed by atoms with Gasteiger partial charge in [-0.15, -0.1) is 0 Å². The van der Waals surface area contributed by atoms with Crippen molar-refractivity contribution in [2.45, 2.75) is 10.8 Å². The summed E-state index contributed by atoms with van der Waals surface area (Å²) in [7, 11) is 0. The largest absolute Gasteiger partial charge is 0.310 e. The van der Waals surface area contributed by atoms with E-state index in [1.54, 1.807) is 0 Å². The second-order valence-electron chi connectivity index (χ2n) is 22.3. The first-order valence-electron chi connectivity index (χ1n) is 28.8. The number of rotatable bonds is 9. The summed E-state index contributed by atoms with van der Waals surface area (Å²) in [6, 6.07) is 120. The molecule has 0 radical (unpaired) electrons. The van der Waals surface area contributed by atoms with Crippen LogP contribution in [0.2, 0.25) is 0 Å². The van der Waals surface area contributed by atoms with Crippen molar-refractivity contribution in [1.82, 2.24) is 4.57 Å². The van der Waals surface area contributed by atoms with Gasteiger partial charge in [-0.1, -0.05) is 237 Å². The topological polar surface area (TPSA) is 11.4 Å². The maximum absolute atomic E-state index is 2.50. The van der Waals surface area contributed by atoms with Gasteiger partial charge in [0.1, 0.15) is 0 Å². The molecular weight excluding hydrogens is 1000 g/mol. The predicted molar refractivity (Wildman–Crippen MR) is 344 cm³/mol. The monoisotopic (exact) mass is 1060 g/mol. The standard InChI is InChI=1S/C80H53N3/c1-6-23-56(24-7-1)79(57-25-8-2-9-26-57)70-36-18-16-33-64(70)65-49-46-62(52-73(65)79)81(63-47-50-68-67-34-17-20-38-74(67)82(77(68)53-63)59-29-12-4-13-30-59)61-44-41-54(42-45-61)55-43-48-66-69-35-22-40-76-78(69)80(72(66)51-55,58-27-10-3-11-28-58)71-37-19-21-39-75(71)83(76)60-31-14-5-15-32-60/h1-53H. The lowest BCUT2D eigenvalue weighted by Crippen LogP contribution is -2.35. The smallest absolute Gasteiger partial charge is 0.0754 e. The molecular formula is C80H53N3. The van der Waals surface area contributed by atoms with Gasteiger partial charge in [0.15, 0.2) is 0 Å². The molecule has 13 aromatic carbocycles. The lowest BCUT2D eigenvalue weighted by molar-refractivity contribution is 0.754. The van der Waals surface area contributed by atoms with E-state index in [1.165, 1.54) is 100.0 Å². The van der Waals surface area contributed by atoms with E-state index in [4.69, 9.17) is 0 Å². The summed E-state index contributed by atoms with van der Waals surface area (Å²) in [6.45, 7) is 0. The van der Waals surface area contributed by atoms with Crippen LogP contribution in [0.3, 0.4) is 0 Å². The molecule has 0 spiro atoms. The molecule has 3 nitrogen and oxygen atoms in total. The molecule has 3 aliphatic rings. The Bertz CT molecular complexity index is 4800. The molecule has 0 bridgehead atoms. The molecule has 83 heavy (non-hydrogen) atoms. The van der Waals surface area contributed by atoms with Gasteiger partial charge in [0, 0.05) is 44.8 Å². The van der Waals surface area contributed by atoms with Gasteiger partial charge in [-0.2, -0.15) is 0 Å². The van der Waals surface area contributed by atoms with Crippen LogP contribution >= 0.6 is 0 Å². The summed E-state index contributed by atoms with van der Waals surface area (Å²) in [5.41, 5.74) is 26.7. The van der Waals surface area contributed by atoms with E-state index in [-0.39, 0.29) is 0 Å². The number of aromatic nitrogens is 1. The molecule has 0 N–H and O–H groups in total. The highest BCUT2D eigenvalue weighted by Crippen LogP contribution is 2.65. The van der Waals surface area contributed by atoms with Crippen LogP contribution in [-0.2, 0) is 10.8 Å². The Morgan fingerprint density at radius 1 is 0.265 bits per heavy atom. The average molecular weight is 1060 g/mol. The first kappa shape index (κ1) is 47.1. The summed E-state index contributed by atoms with van der Waals surface area (Å²) >= 11 is 0. The summed E-state index contributed by atoms with van der Waals surface area (Å²) in [5, 5.41) is 2.44. The van der Waals surface area contributed by atoms with Crippen LogP contribution in [0.25, 0.3) is 60.9 Å². The van der Waals surface area contributed by atoms with E-state index in [0.29, 0.717) is 0 Å². The molecule has 0 fully saturated rings. The molecule has 17 rings (SSSR count). The number of nitrogens with zero attached hydrogens (tertiary/aromatic N) is 3. The van der Waals surface area contributed by atoms with E-state index in [2.05, 4.69) is 336 Å². The molecule has 388 valence electrons. The van der Waals surface area contributed by atoms with Crippen LogP contribution in [0.5, 0.6) is 0 Å². The molecule has 3 heteroatoms. The molecule has 1 aromatic heterocycles. The minimum atomic E-state index is -0.562. The molecule has 0 saturated carbocycles. The van der Waals surface area contributed by atoms with Crippen molar-refractivity contribution in [1.29, 1.82) is 0 Å². The maximum Gasteiger partial charge on any atom is 0.0754 e. The molecule has 1 atom stereocenters. The first-order valence-corrected chi connectivity index (χ1v) is 28.8. The van der Waals surface area contributed by atoms with Crippen LogP contribution in [0.1, 0.15) is 44.5 Å². The number of para-hydroxylation sites is 4. The Kier molecular flexibility index (Phi) is 10.4. The minimum Gasteiger partial charge on any atom is -0.310 e. The van der Waals surface area contributed by atoms with Crippen molar-refractivity contribution < 1.29 is 0 Å². The lowest BCUT2D eigenvalue weighted by atomic mass is 9.64. The first-order chi connectivity index (χ1) is 41.2. The molecule has 14 aromatic rings. The third-order valence-electron chi connectivity index (χ3n) is 18.2. The van der Waals surface area contributed by atoms with Gasteiger partial charge in [-0.3, -0.25) is 0 Å². The zero-order chi connectivity index (χ0) is 54.6. The second kappa shape index (κ2) is 18.4. The number of anilines is 6. The zero-order valence-electron chi connectivity index (χ0n) is 45.4. The van der Waals surface area contributed by atoms with Gasteiger partial charge in [-0.25, -0.2) is 0 Å². The Balaban J connectivity index is 0.864. The van der Waals surface area contributed by atoms with Crippen LogP contribution in [-0.4, -0.2) is 4.57 Å². The van der Waals surface area contributed by atoms with E-state index in [1.807, 2.05) is 0 Å². The Morgan fingerprint density at radius 3 is 1.47 bits per heavy atom. The fourth-order valence-electron chi connectivity index (χ4n) is 14.9. The third-order valence-corrected chi connectivity index (χ3v) is 18.2. The summed E-state index contributed by atoms with van der Waals surface area (Å²) < 4.78 is 2.42. The van der Waals surface area contributed by atoms with Crippen LogP contribution in [0.15, 0.2) is 322 Å². The number of hydrogen-bond donors (Lipinski definition) is 0. The van der Waals surface area contributed by atoms with Crippen molar-refractivity contribution in [3.05, 3.63) is 366 Å². The average Bonchev–Trinajstić information content (AvgIpc) is 1.80. The van der Waals surface area contributed by atoms with Crippen LogP contribution in [0.4, 0.5) is 34.1 Å². The van der Waals surface area contributed by atoms with E-state index >= 15 is 0 Å². The fraction of sp³-hybridized carbons (Fsp3) is 0.0250. The lowest BCUT2D eigenvalue weighted by Gasteiger charge is -2.44. The maximum atomic E-state index is 2.50. The van der Waals surface area contributed by atoms with Gasteiger partial charge in [-0.05, 0) is 157 Å². The Labute approximate surface area is 483 Å². The van der Waals surface area contributed by atoms with Gasteiger partial charge in [0.05, 0.1) is 33.2 Å². The highest BCUT2D eigenvalue weighted by Gasteiger charge is 2.53. The summed E-state index contributed by atoms with van der Waals surface area (Å²) in [5.74, 6) is 0. The minimum absolute atomic E-state index is 0.556. The number of benzene rings is 13. The van der Waals surface area contributed by atoms with Crippen molar-refractivity contribution in [3.63, 3.8) is 0 Å². The van der Waals surface area contributed by atoms with Crippen LogP contribution in [0, 0.1) is 0 Å². The highest BCUT2D eigenvalue weighted by atomic mass is 15.2. The van der Waals surface area contributed by atoms with Gasteiger partial charge in [0.25, 0.3) is 0 Å². The van der Waals surface area contributed by atoms with Crippen molar-refractivity contribution in [2.75, 3.05) is 9.80 Å². The molecule has 1 unspecified atom stereocenters. The third kappa shape index (κ3) is 6.74. The molecule has 1 aliphatic heterocycles. The van der Waals surface area contributed by atoms with Crippen molar-refractivity contribution in [3.8, 4) is 39.1 Å². The van der Waals surface area contributed by atoms with E-state index in [0.717, 1.165) is 39.5 Å². The Hall–Kier alpha value is -10.7. The normalized spacial score (nSPS) is 14.9. The predicted octanol–water partition coefficient (Wildman–Crippen LogP) is 20.4. The second-order valence-corrected chi connectivity index (χ2v) is 22.3. The van der Waals surface area contributed by atoms with Crippen LogP contribution < -0.4 is 9.80 Å². The van der Waals surface area contributed by atoms with E-state index in [9.17, 15) is 0 Å². The number of hydrogen-bond acceptors (Lipinski definition) is 2. The molecule has 2 aliphatic carbocycles.